The molecule has 180 valence electrons. The summed E-state index contributed by atoms with van der Waals surface area (Å²) in [7, 11) is 0. The summed E-state index contributed by atoms with van der Waals surface area (Å²) in [5.41, 5.74) is -0.331. The van der Waals surface area contributed by atoms with Crippen LogP contribution in [0.3, 0.4) is 0 Å². The molecule has 0 radical (unpaired) electrons. The van der Waals surface area contributed by atoms with E-state index in [-0.39, 0.29) is 26.1 Å². The van der Waals surface area contributed by atoms with Crippen molar-refractivity contribution in [3.8, 4) is 11.3 Å². The van der Waals surface area contributed by atoms with E-state index in [4.69, 9.17) is 39.9 Å². The number of hydrogen-bond donors (Lipinski definition) is 1. The van der Waals surface area contributed by atoms with Gasteiger partial charge in [-0.1, -0.05) is 52.1 Å². The fourth-order valence-electron chi connectivity index (χ4n) is 3.73. The molecule has 12 heteroatoms. The summed E-state index contributed by atoms with van der Waals surface area (Å²) in [6, 6.07) is 7.16. The van der Waals surface area contributed by atoms with E-state index in [2.05, 4.69) is 9.68 Å². The Labute approximate surface area is 210 Å². The Balaban J connectivity index is 1.98. The fourth-order valence-corrected chi connectivity index (χ4v) is 4.72. The van der Waals surface area contributed by atoms with Crippen molar-refractivity contribution in [1.82, 2.24) is 9.72 Å². The number of hydrogen-bond acceptors (Lipinski definition) is 4. The summed E-state index contributed by atoms with van der Waals surface area (Å²) in [4.78, 5) is 24.5. The number of benzene rings is 2. The molecule has 0 bridgehead atoms. The minimum absolute atomic E-state index is 0.130. The molecule has 0 fully saturated rings. The molecule has 4 aromatic rings. The first-order chi connectivity index (χ1) is 16.4. The van der Waals surface area contributed by atoms with Crippen LogP contribution >= 0.6 is 34.8 Å². The Hall–Kier alpha value is -3.27. The third-order valence-corrected chi connectivity index (χ3v) is 5.90. The molecule has 0 saturated heterocycles. The lowest BCUT2D eigenvalue weighted by Crippen LogP contribution is -2.17. The zero-order chi connectivity index (χ0) is 25.7. The first kappa shape index (κ1) is 24.8. The van der Waals surface area contributed by atoms with Gasteiger partial charge in [0.05, 0.1) is 15.6 Å². The maximum absolute atomic E-state index is 13.8. The van der Waals surface area contributed by atoms with E-state index in [1.165, 1.54) is 30.5 Å². The zero-order valence-corrected chi connectivity index (χ0v) is 19.7. The van der Waals surface area contributed by atoms with Crippen LogP contribution in [0.2, 0.25) is 15.1 Å². The zero-order valence-electron chi connectivity index (χ0n) is 17.5. The van der Waals surface area contributed by atoms with E-state index in [1.807, 2.05) is 0 Å². The maximum atomic E-state index is 13.8. The molecule has 0 aliphatic rings. The smallest absolute Gasteiger partial charge is 0.453 e. The molecule has 2 aromatic carbocycles. The van der Waals surface area contributed by atoms with Gasteiger partial charge in [-0.15, -0.1) is 0 Å². The first-order valence-electron chi connectivity index (χ1n) is 9.68. The predicted octanol–water partition coefficient (Wildman–Crippen LogP) is 7.37. The summed E-state index contributed by atoms with van der Waals surface area (Å²) in [6.07, 6.45) is -1.48. The molecule has 35 heavy (non-hydrogen) atoms. The lowest BCUT2D eigenvalue weighted by molar-refractivity contribution is -0.155. The first-order valence-corrected chi connectivity index (χ1v) is 10.8. The van der Waals surface area contributed by atoms with Crippen molar-refractivity contribution in [1.29, 1.82) is 0 Å². The van der Waals surface area contributed by atoms with Crippen LogP contribution in [-0.4, -0.2) is 26.7 Å². The van der Waals surface area contributed by atoms with E-state index in [9.17, 15) is 22.8 Å². The van der Waals surface area contributed by atoms with E-state index < -0.39 is 35.1 Å². The minimum atomic E-state index is -5.06. The van der Waals surface area contributed by atoms with Crippen LogP contribution < -0.4 is 0 Å². The number of nitrogens with zero attached hydrogens (tertiary/aromatic N) is 2. The van der Waals surface area contributed by atoms with E-state index >= 15 is 0 Å². The number of carbonyl (C=O) groups is 2. The summed E-state index contributed by atoms with van der Waals surface area (Å²) >= 11 is 18.3. The Morgan fingerprint density at radius 3 is 2.40 bits per heavy atom. The van der Waals surface area contributed by atoms with Gasteiger partial charge in [0.1, 0.15) is 11.3 Å². The molecular formula is C23H12Cl3F3N2O4. The van der Waals surface area contributed by atoms with Gasteiger partial charge in [0.15, 0.2) is 0 Å². The molecule has 6 nitrogen and oxygen atoms in total. The van der Waals surface area contributed by atoms with E-state index in [1.54, 1.807) is 19.1 Å². The molecule has 0 unspecified atom stereocenters. The molecule has 0 atom stereocenters. The largest absolute Gasteiger partial charge is 0.478 e. The number of carbonyl (C=O) groups excluding carboxylic acids is 1. The Morgan fingerprint density at radius 1 is 1.14 bits per heavy atom. The van der Waals surface area contributed by atoms with E-state index in [0.29, 0.717) is 16.5 Å². The SMILES string of the molecule is Cc1cn(C(=O)c2c(-c3c(Cl)cc(Cl)cc3Cl)noc2C(F)(F)F)c2cccc(/C=C/C(=O)O)c12. The molecule has 0 aliphatic heterocycles. The molecule has 1 N–H and O–H groups in total. The maximum Gasteiger partial charge on any atom is 0.453 e. The Kier molecular flexibility index (Phi) is 6.44. The number of aryl methyl sites for hydroxylation is 1. The number of carboxylic acids is 1. The van der Waals surface area contributed by atoms with Gasteiger partial charge >= 0.3 is 12.1 Å². The number of aromatic nitrogens is 2. The fraction of sp³-hybridized carbons (Fsp3) is 0.0870. The van der Waals surface area contributed by atoms with Gasteiger partial charge in [-0.05, 0) is 42.3 Å². The van der Waals surface area contributed by atoms with E-state index in [0.717, 1.165) is 10.6 Å². The summed E-state index contributed by atoms with van der Waals surface area (Å²) in [5.74, 6) is -3.91. The van der Waals surface area contributed by atoms with Crippen molar-refractivity contribution in [2.45, 2.75) is 13.1 Å². The average Bonchev–Trinajstić information content (AvgIpc) is 3.33. The number of fused-ring (bicyclic) bond motifs is 1. The lowest BCUT2D eigenvalue weighted by atomic mass is 10.0. The Morgan fingerprint density at radius 2 is 1.80 bits per heavy atom. The van der Waals surface area contributed by atoms with Crippen molar-refractivity contribution in [2.24, 2.45) is 0 Å². The van der Waals surface area contributed by atoms with Crippen molar-refractivity contribution in [3.63, 3.8) is 0 Å². The van der Waals surface area contributed by atoms with Crippen LogP contribution in [0.25, 0.3) is 28.2 Å². The van der Waals surface area contributed by atoms with Gasteiger partial charge in [-0.2, -0.15) is 13.2 Å². The number of carboxylic acid groups (broad SMARTS) is 1. The highest BCUT2D eigenvalue weighted by Gasteiger charge is 2.44. The number of alkyl halides is 3. The van der Waals surface area contributed by atoms with Crippen molar-refractivity contribution in [2.75, 3.05) is 0 Å². The van der Waals surface area contributed by atoms with Gasteiger partial charge in [-0.25, -0.2) is 4.79 Å². The van der Waals surface area contributed by atoms with Crippen LogP contribution in [0.15, 0.2) is 47.1 Å². The number of rotatable bonds is 4. The summed E-state index contributed by atoms with van der Waals surface area (Å²) in [6.45, 7) is 1.64. The van der Waals surface area contributed by atoms with Crippen LogP contribution in [0.4, 0.5) is 13.2 Å². The second-order valence-electron chi connectivity index (χ2n) is 7.38. The van der Waals surface area contributed by atoms with Crippen molar-refractivity contribution < 1.29 is 32.4 Å². The van der Waals surface area contributed by atoms with Crippen molar-refractivity contribution >= 4 is 63.7 Å². The average molecular weight is 544 g/mol. The van der Waals surface area contributed by atoms with Gasteiger partial charge < -0.3 is 9.63 Å². The quantitative estimate of drug-likeness (QED) is 0.272. The predicted molar refractivity (Wildman–Crippen MR) is 125 cm³/mol. The highest BCUT2D eigenvalue weighted by Crippen LogP contribution is 2.43. The highest BCUT2D eigenvalue weighted by atomic mass is 35.5. The molecule has 2 aromatic heterocycles. The molecule has 2 heterocycles. The van der Waals surface area contributed by atoms with Crippen molar-refractivity contribution in [3.05, 3.63) is 80.1 Å². The third kappa shape index (κ3) is 4.54. The lowest BCUT2D eigenvalue weighted by Gasteiger charge is -2.10. The molecule has 0 spiro atoms. The monoisotopic (exact) mass is 542 g/mol. The van der Waals surface area contributed by atoms with Crippen LogP contribution in [0, 0.1) is 6.92 Å². The van der Waals surface area contributed by atoms with Gasteiger partial charge in [0, 0.05) is 28.2 Å². The molecule has 0 saturated carbocycles. The normalized spacial score (nSPS) is 12.1. The van der Waals surface area contributed by atoms with Gasteiger partial charge in [0.25, 0.3) is 11.7 Å². The highest BCUT2D eigenvalue weighted by molar-refractivity contribution is 6.42. The molecular weight excluding hydrogens is 532 g/mol. The van der Waals surface area contributed by atoms with Crippen LogP contribution in [-0.2, 0) is 11.0 Å². The standard InChI is InChI=1S/C23H12Cl3F3N2O4/c1-10-9-31(15-4-2-3-11(17(10)15)5-6-16(32)33)22(34)19-20(30-35-21(19)23(27,28)29)18-13(25)7-12(24)8-14(18)26/h2-9H,1H3,(H,32,33)/b6-5+. The second kappa shape index (κ2) is 9.07. The summed E-state index contributed by atoms with van der Waals surface area (Å²) in [5, 5.41) is 12.8. The Bertz CT molecular complexity index is 1510. The molecule has 4 rings (SSSR count). The third-order valence-electron chi connectivity index (χ3n) is 5.08. The second-order valence-corrected chi connectivity index (χ2v) is 8.63. The molecule has 0 aliphatic carbocycles. The number of halogens is 6. The van der Waals surface area contributed by atoms with Gasteiger partial charge in [0.2, 0.25) is 0 Å². The number of aliphatic carboxylic acids is 1. The van der Waals surface area contributed by atoms with Crippen LogP contribution in [0.1, 0.15) is 27.2 Å². The molecule has 0 amide bonds. The van der Waals surface area contributed by atoms with Crippen LogP contribution in [0.5, 0.6) is 0 Å². The minimum Gasteiger partial charge on any atom is -0.478 e. The van der Waals surface area contributed by atoms with Gasteiger partial charge in [-0.3, -0.25) is 9.36 Å². The topological polar surface area (TPSA) is 85.3 Å². The summed E-state index contributed by atoms with van der Waals surface area (Å²) < 4.78 is 47.1.